The van der Waals surface area contributed by atoms with Crippen molar-refractivity contribution < 1.29 is 4.79 Å². The van der Waals surface area contributed by atoms with Crippen LogP contribution in [0.3, 0.4) is 0 Å². The molecule has 3 aromatic rings. The second-order valence-corrected chi connectivity index (χ2v) is 6.56. The fraction of sp³-hybridized carbons (Fsp3) is 0.211. The summed E-state index contributed by atoms with van der Waals surface area (Å²) in [6, 6.07) is 11.3. The van der Waals surface area contributed by atoms with Crippen molar-refractivity contribution in [3.63, 3.8) is 0 Å². The van der Waals surface area contributed by atoms with Gasteiger partial charge in [-0.3, -0.25) is 9.36 Å². The van der Waals surface area contributed by atoms with E-state index in [-0.39, 0.29) is 11.9 Å². The van der Waals surface area contributed by atoms with E-state index in [2.05, 4.69) is 15.3 Å². The maximum absolute atomic E-state index is 13.0. The molecule has 3 heterocycles. The Morgan fingerprint density at radius 2 is 2.12 bits per heavy atom. The Hall–Kier alpha value is -2.70. The maximum Gasteiger partial charge on any atom is 0.254 e. The van der Waals surface area contributed by atoms with Gasteiger partial charge in [0.15, 0.2) is 0 Å². The van der Waals surface area contributed by atoms with Gasteiger partial charge in [0, 0.05) is 48.8 Å². The van der Waals surface area contributed by atoms with Crippen LogP contribution in [0.4, 0.5) is 0 Å². The number of hydrogen-bond acceptors (Lipinski definition) is 4. The normalized spacial score (nSPS) is 17.3. The van der Waals surface area contributed by atoms with Crippen molar-refractivity contribution in [1.82, 2.24) is 24.8 Å². The molecule has 0 spiro atoms. The molecule has 4 rings (SSSR count). The third kappa shape index (κ3) is 3.34. The monoisotopic (exact) mass is 367 g/mol. The summed E-state index contributed by atoms with van der Waals surface area (Å²) in [6.45, 7) is 1.95. The van der Waals surface area contributed by atoms with Crippen LogP contribution >= 0.6 is 11.6 Å². The van der Waals surface area contributed by atoms with Gasteiger partial charge >= 0.3 is 0 Å². The Bertz CT molecular complexity index is 912. The topological polar surface area (TPSA) is 63.1 Å². The van der Waals surface area contributed by atoms with Crippen molar-refractivity contribution in [1.29, 1.82) is 0 Å². The molecule has 1 saturated heterocycles. The van der Waals surface area contributed by atoms with Crippen molar-refractivity contribution in [3.8, 4) is 5.82 Å². The highest BCUT2D eigenvalue weighted by Crippen LogP contribution is 2.25. The van der Waals surface area contributed by atoms with E-state index in [1.165, 1.54) is 0 Å². The van der Waals surface area contributed by atoms with Gasteiger partial charge in [-0.05, 0) is 23.8 Å². The largest absolute Gasteiger partial charge is 0.335 e. The summed E-state index contributed by atoms with van der Waals surface area (Å²) in [4.78, 5) is 23.2. The molecule has 0 bridgehead atoms. The first-order valence-corrected chi connectivity index (χ1v) is 8.81. The minimum Gasteiger partial charge on any atom is -0.335 e. The highest BCUT2D eigenvalue weighted by atomic mass is 35.5. The number of aromatic nitrogens is 3. The second-order valence-electron chi connectivity index (χ2n) is 6.15. The molecule has 26 heavy (non-hydrogen) atoms. The molecule has 0 aliphatic carbocycles. The smallest absolute Gasteiger partial charge is 0.254 e. The zero-order valence-corrected chi connectivity index (χ0v) is 14.8. The molecule has 1 amide bonds. The van der Waals surface area contributed by atoms with Gasteiger partial charge in [0.25, 0.3) is 5.91 Å². The molecule has 2 aromatic heterocycles. The molecular formula is C19H18ClN5O. The summed E-state index contributed by atoms with van der Waals surface area (Å²) in [7, 11) is 0. The Morgan fingerprint density at radius 3 is 2.92 bits per heavy atom. The Balaban J connectivity index is 1.55. The number of hydrogen-bond donors (Lipinski definition) is 1. The predicted molar refractivity (Wildman–Crippen MR) is 99.5 cm³/mol. The zero-order chi connectivity index (χ0) is 17.9. The lowest BCUT2D eigenvalue weighted by atomic mass is 10.0. The number of piperazine rings is 1. The third-order valence-electron chi connectivity index (χ3n) is 4.50. The molecule has 1 fully saturated rings. The van der Waals surface area contributed by atoms with Crippen LogP contribution in [0.5, 0.6) is 0 Å². The fourth-order valence-electron chi connectivity index (χ4n) is 3.17. The van der Waals surface area contributed by atoms with Gasteiger partial charge in [-0.2, -0.15) is 0 Å². The number of carbonyl (C=O) groups is 1. The Labute approximate surface area is 156 Å². The van der Waals surface area contributed by atoms with Crippen LogP contribution in [0.2, 0.25) is 5.02 Å². The van der Waals surface area contributed by atoms with Crippen molar-refractivity contribution in [3.05, 3.63) is 77.5 Å². The first-order chi connectivity index (χ1) is 12.7. The van der Waals surface area contributed by atoms with Crippen molar-refractivity contribution in [2.75, 3.05) is 19.6 Å². The summed E-state index contributed by atoms with van der Waals surface area (Å²) >= 11 is 6.32. The standard InChI is InChI=1S/C19H18ClN5O/c20-16-4-2-1-3-15(16)17-12-24(10-8-22-17)19(26)14-5-6-23-18(11-14)25-9-7-21-13-25/h1-7,9,11,13,17,22H,8,10,12H2. The number of nitrogens with zero attached hydrogens (tertiary/aromatic N) is 4. The van der Waals surface area contributed by atoms with E-state index in [0.29, 0.717) is 29.5 Å². The van der Waals surface area contributed by atoms with Crippen LogP contribution in [0.1, 0.15) is 22.0 Å². The van der Waals surface area contributed by atoms with Crippen molar-refractivity contribution in [2.45, 2.75) is 6.04 Å². The Kier molecular flexibility index (Phi) is 4.69. The molecule has 6 nitrogen and oxygen atoms in total. The number of nitrogens with one attached hydrogen (secondary N) is 1. The molecule has 1 aromatic carbocycles. The van der Waals surface area contributed by atoms with Crippen LogP contribution < -0.4 is 5.32 Å². The summed E-state index contributed by atoms with van der Waals surface area (Å²) in [5.41, 5.74) is 1.63. The van der Waals surface area contributed by atoms with Crippen molar-refractivity contribution in [2.24, 2.45) is 0 Å². The molecule has 7 heteroatoms. The van der Waals surface area contributed by atoms with E-state index >= 15 is 0 Å². The lowest BCUT2D eigenvalue weighted by Gasteiger charge is -2.34. The lowest BCUT2D eigenvalue weighted by Crippen LogP contribution is -2.48. The van der Waals surface area contributed by atoms with Gasteiger partial charge in [0.2, 0.25) is 0 Å². The highest BCUT2D eigenvalue weighted by Gasteiger charge is 2.26. The van der Waals surface area contributed by atoms with E-state index in [4.69, 9.17) is 11.6 Å². The SMILES string of the molecule is O=C(c1ccnc(-n2ccnc2)c1)N1CCNC(c2ccccc2Cl)C1. The van der Waals surface area contributed by atoms with Gasteiger partial charge in [-0.15, -0.1) is 0 Å². The average Bonchev–Trinajstić information content (AvgIpc) is 3.23. The molecule has 132 valence electrons. The number of imidazole rings is 1. The molecule has 1 aliphatic rings. The highest BCUT2D eigenvalue weighted by molar-refractivity contribution is 6.31. The quantitative estimate of drug-likeness (QED) is 0.773. The van der Waals surface area contributed by atoms with Gasteiger partial charge < -0.3 is 10.2 Å². The molecule has 0 saturated carbocycles. The number of amides is 1. The zero-order valence-electron chi connectivity index (χ0n) is 14.0. The van der Waals surface area contributed by atoms with E-state index < -0.39 is 0 Å². The molecular weight excluding hydrogens is 350 g/mol. The minimum atomic E-state index is -0.00711. The van der Waals surface area contributed by atoms with Gasteiger partial charge in [0.1, 0.15) is 12.1 Å². The molecule has 1 N–H and O–H groups in total. The summed E-state index contributed by atoms with van der Waals surface area (Å²) in [5.74, 6) is 0.665. The molecule has 1 unspecified atom stereocenters. The van der Waals surface area contributed by atoms with E-state index in [1.54, 1.807) is 41.6 Å². The fourth-order valence-corrected chi connectivity index (χ4v) is 3.44. The average molecular weight is 368 g/mol. The number of benzene rings is 1. The summed E-state index contributed by atoms with van der Waals surface area (Å²) in [5, 5.41) is 4.16. The van der Waals surface area contributed by atoms with E-state index in [1.807, 2.05) is 29.2 Å². The van der Waals surface area contributed by atoms with Crippen LogP contribution in [0.25, 0.3) is 5.82 Å². The molecule has 0 radical (unpaired) electrons. The van der Waals surface area contributed by atoms with Gasteiger partial charge in [0.05, 0.1) is 6.04 Å². The van der Waals surface area contributed by atoms with E-state index in [0.717, 1.165) is 12.1 Å². The summed E-state index contributed by atoms with van der Waals surface area (Å²) in [6.07, 6.45) is 6.79. The van der Waals surface area contributed by atoms with Crippen LogP contribution in [0, 0.1) is 0 Å². The van der Waals surface area contributed by atoms with Gasteiger partial charge in [-0.1, -0.05) is 29.8 Å². The number of rotatable bonds is 3. The van der Waals surface area contributed by atoms with Crippen LogP contribution in [-0.2, 0) is 0 Å². The van der Waals surface area contributed by atoms with Crippen LogP contribution in [0.15, 0.2) is 61.3 Å². The minimum absolute atomic E-state index is 0.00711. The maximum atomic E-state index is 13.0. The molecule has 1 atom stereocenters. The number of halogens is 1. The Morgan fingerprint density at radius 1 is 1.23 bits per heavy atom. The first-order valence-electron chi connectivity index (χ1n) is 8.44. The number of carbonyl (C=O) groups excluding carboxylic acids is 1. The van der Waals surface area contributed by atoms with Crippen molar-refractivity contribution >= 4 is 17.5 Å². The third-order valence-corrected chi connectivity index (χ3v) is 4.85. The first kappa shape index (κ1) is 16.8. The predicted octanol–water partition coefficient (Wildman–Crippen LogP) is 2.71. The second kappa shape index (κ2) is 7.27. The van der Waals surface area contributed by atoms with E-state index in [9.17, 15) is 4.79 Å². The lowest BCUT2D eigenvalue weighted by molar-refractivity contribution is 0.0703. The van der Waals surface area contributed by atoms with Gasteiger partial charge in [-0.25, -0.2) is 9.97 Å². The van der Waals surface area contributed by atoms with Crippen LogP contribution in [-0.4, -0.2) is 45.0 Å². The summed E-state index contributed by atoms with van der Waals surface area (Å²) < 4.78 is 1.78. The molecule has 1 aliphatic heterocycles. The number of pyridine rings is 1.